The number of methoxy groups -OCH3 is 1. The Morgan fingerprint density at radius 3 is 2.68 bits per heavy atom. The molecule has 28 heavy (non-hydrogen) atoms. The molecule has 0 spiro atoms. The summed E-state index contributed by atoms with van der Waals surface area (Å²) in [5.74, 6) is -3.93. The van der Waals surface area contributed by atoms with Gasteiger partial charge in [-0.2, -0.15) is 0 Å². The number of ether oxygens (including phenoxy) is 1. The summed E-state index contributed by atoms with van der Waals surface area (Å²) >= 11 is 0.886. The number of aliphatic carboxylic acids is 1. The van der Waals surface area contributed by atoms with Gasteiger partial charge in [-0.25, -0.2) is 18.2 Å². The van der Waals surface area contributed by atoms with E-state index in [0.29, 0.717) is 34.0 Å². The van der Waals surface area contributed by atoms with Crippen molar-refractivity contribution in [2.24, 2.45) is 0 Å². The highest BCUT2D eigenvalue weighted by Crippen LogP contribution is 2.41. The van der Waals surface area contributed by atoms with E-state index in [1.165, 1.54) is 7.11 Å². The van der Waals surface area contributed by atoms with E-state index in [0.717, 1.165) is 11.3 Å². The molecule has 4 rings (SSSR count). The fourth-order valence-electron chi connectivity index (χ4n) is 3.28. The van der Waals surface area contributed by atoms with Crippen molar-refractivity contribution in [1.29, 1.82) is 0 Å². The molecule has 0 bridgehead atoms. The molecule has 0 unspecified atom stereocenters. The first kappa shape index (κ1) is 18.3. The highest BCUT2D eigenvalue weighted by atomic mass is 32.1. The molecule has 2 aromatic heterocycles. The first-order valence-electron chi connectivity index (χ1n) is 8.14. The van der Waals surface area contributed by atoms with Crippen molar-refractivity contribution in [3.63, 3.8) is 0 Å². The number of carboxylic acids is 1. The maximum absolute atomic E-state index is 14.1. The van der Waals surface area contributed by atoms with Gasteiger partial charge in [0.1, 0.15) is 28.6 Å². The van der Waals surface area contributed by atoms with Crippen LogP contribution in [0.4, 0.5) is 13.2 Å². The molecular weight excluding hydrogens is 393 g/mol. The highest BCUT2D eigenvalue weighted by Gasteiger charge is 2.23. The highest BCUT2D eigenvalue weighted by molar-refractivity contribution is 7.21. The Kier molecular flexibility index (Phi) is 4.26. The Morgan fingerprint density at radius 1 is 1.25 bits per heavy atom. The molecular formula is C19H13F3N2O3S. The van der Waals surface area contributed by atoms with Gasteiger partial charge in [0.2, 0.25) is 0 Å². The lowest BCUT2D eigenvalue weighted by molar-refractivity contribution is -0.137. The summed E-state index contributed by atoms with van der Waals surface area (Å²) in [5.41, 5.74) is 1.30. The molecule has 4 aromatic rings. The van der Waals surface area contributed by atoms with Gasteiger partial charge in [0.25, 0.3) is 0 Å². The van der Waals surface area contributed by atoms with Crippen LogP contribution in [0, 0.1) is 24.4 Å². The van der Waals surface area contributed by atoms with Crippen molar-refractivity contribution in [2.45, 2.75) is 13.5 Å². The monoisotopic (exact) mass is 406 g/mol. The number of nitrogens with zero attached hydrogens (tertiary/aromatic N) is 2. The SMILES string of the molecule is COc1ccc2c(-c3nc4c(F)c(F)cc(F)c4s3)c(C)n(CC(=O)O)c2c1. The molecule has 0 amide bonds. The smallest absolute Gasteiger partial charge is 0.323 e. The molecule has 0 atom stereocenters. The summed E-state index contributed by atoms with van der Waals surface area (Å²) in [6.45, 7) is 1.39. The number of fused-ring (bicyclic) bond motifs is 2. The summed E-state index contributed by atoms with van der Waals surface area (Å²) in [7, 11) is 1.49. The van der Waals surface area contributed by atoms with E-state index < -0.39 is 23.4 Å². The second-order valence-corrected chi connectivity index (χ2v) is 7.17. The quantitative estimate of drug-likeness (QED) is 0.498. The van der Waals surface area contributed by atoms with Crippen molar-refractivity contribution < 1.29 is 27.8 Å². The molecule has 0 aliphatic heterocycles. The molecule has 0 fully saturated rings. The van der Waals surface area contributed by atoms with Gasteiger partial charge in [0.05, 0.1) is 17.3 Å². The van der Waals surface area contributed by atoms with Crippen LogP contribution in [0.3, 0.4) is 0 Å². The third-order valence-electron chi connectivity index (χ3n) is 4.55. The average molecular weight is 406 g/mol. The third kappa shape index (κ3) is 2.70. The third-order valence-corrected chi connectivity index (χ3v) is 5.64. The minimum atomic E-state index is -1.31. The van der Waals surface area contributed by atoms with Crippen molar-refractivity contribution in [3.05, 3.63) is 47.4 Å². The molecule has 2 heterocycles. The Hall–Kier alpha value is -3.07. The lowest BCUT2D eigenvalue weighted by atomic mass is 10.1. The predicted octanol–water partition coefficient (Wildman–Crippen LogP) is 4.74. The Balaban J connectivity index is 2.05. The minimum absolute atomic E-state index is 0.0963. The van der Waals surface area contributed by atoms with Crippen LogP contribution in [0.2, 0.25) is 0 Å². The molecule has 5 nitrogen and oxygen atoms in total. The zero-order chi connectivity index (χ0) is 20.2. The molecule has 0 aliphatic rings. The molecule has 1 N–H and O–H groups in total. The van der Waals surface area contributed by atoms with E-state index in [4.69, 9.17) is 4.74 Å². The molecule has 0 radical (unpaired) electrons. The number of carbonyl (C=O) groups is 1. The second kappa shape index (κ2) is 6.52. The lowest BCUT2D eigenvalue weighted by Gasteiger charge is -2.05. The van der Waals surface area contributed by atoms with Crippen molar-refractivity contribution in [2.75, 3.05) is 7.11 Å². The fraction of sp³-hybridized carbons (Fsp3) is 0.158. The fourth-order valence-corrected chi connectivity index (χ4v) is 4.36. The van der Waals surface area contributed by atoms with Gasteiger partial charge in [-0.05, 0) is 19.1 Å². The molecule has 2 aromatic carbocycles. The van der Waals surface area contributed by atoms with Crippen LogP contribution < -0.4 is 4.74 Å². The van der Waals surface area contributed by atoms with Crippen molar-refractivity contribution in [1.82, 2.24) is 9.55 Å². The number of hydrogen-bond donors (Lipinski definition) is 1. The van der Waals surface area contributed by atoms with Gasteiger partial charge in [0.15, 0.2) is 11.6 Å². The second-order valence-electron chi connectivity index (χ2n) is 6.17. The van der Waals surface area contributed by atoms with E-state index in [9.17, 15) is 23.1 Å². The zero-order valence-corrected chi connectivity index (χ0v) is 15.5. The standard InChI is InChI=1S/C19H13F3N2O3S/c1-8-15(19-23-17-16(22)11(20)6-12(21)18(17)28-19)10-4-3-9(27-2)5-13(10)24(8)7-14(25)26/h3-6H,7H2,1-2H3,(H,25,26). The van der Waals surface area contributed by atoms with Crippen LogP contribution >= 0.6 is 11.3 Å². The molecule has 0 saturated heterocycles. The topological polar surface area (TPSA) is 64.4 Å². The number of thiazole rings is 1. The van der Waals surface area contributed by atoms with Crippen LogP contribution in [0.15, 0.2) is 24.3 Å². The number of halogens is 3. The van der Waals surface area contributed by atoms with Gasteiger partial charge in [-0.1, -0.05) is 0 Å². The number of benzene rings is 2. The van der Waals surface area contributed by atoms with Crippen LogP contribution in [0.5, 0.6) is 5.75 Å². The van der Waals surface area contributed by atoms with E-state index in [1.54, 1.807) is 29.7 Å². The van der Waals surface area contributed by atoms with Gasteiger partial charge in [0, 0.05) is 28.8 Å². The number of aromatic nitrogens is 2. The summed E-state index contributed by atoms with van der Waals surface area (Å²) in [4.78, 5) is 15.4. The largest absolute Gasteiger partial charge is 0.497 e. The van der Waals surface area contributed by atoms with E-state index in [2.05, 4.69) is 4.98 Å². The minimum Gasteiger partial charge on any atom is -0.497 e. The molecule has 0 saturated carbocycles. The molecule has 144 valence electrons. The first-order valence-corrected chi connectivity index (χ1v) is 8.96. The van der Waals surface area contributed by atoms with Crippen LogP contribution in [-0.4, -0.2) is 27.7 Å². The number of hydrogen-bond acceptors (Lipinski definition) is 4. The van der Waals surface area contributed by atoms with Crippen molar-refractivity contribution in [3.8, 4) is 16.3 Å². The number of carboxylic acid groups (broad SMARTS) is 1. The summed E-state index contributed by atoms with van der Waals surface area (Å²) < 4.78 is 48.4. The zero-order valence-electron chi connectivity index (χ0n) is 14.7. The van der Waals surface area contributed by atoms with E-state index >= 15 is 0 Å². The number of rotatable bonds is 4. The Labute approximate surface area is 160 Å². The first-order chi connectivity index (χ1) is 13.3. The van der Waals surface area contributed by atoms with Gasteiger partial charge >= 0.3 is 5.97 Å². The summed E-state index contributed by atoms with van der Waals surface area (Å²) in [5, 5.41) is 10.2. The molecule has 0 aliphatic carbocycles. The van der Waals surface area contributed by atoms with Gasteiger partial charge < -0.3 is 14.4 Å². The Bertz CT molecular complexity index is 1260. The van der Waals surface area contributed by atoms with Crippen LogP contribution in [0.1, 0.15) is 5.69 Å². The van der Waals surface area contributed by atoms with Crippen LogP contribution in [-0.2, 0) is 11.3 Å². The maximum atomic E-state index is 14.1. The van der Waals surface area contributed by atoms with Gasteiger partial charge in [-0.15, -0.1) is 11.3 Å². The van der Waals surface area contributed by atoms with E-state index in [1.807, 2.05) is 0 Å². The van der Waals surface area contributed by atoms with Crippen LogP contribution in [0.25, 0.3) is 31.7 Å². The summed E-state index contributed by atoms with van der Waals surface area (Å²) in [6, 6.07) is 5.60. The van der Waals surface area contributed by atoms with Gasteiger partial charge in [-0.3, -0.25) is 4.79 Å². The normalized spacial score (nSPS) is 11.5. The Morgan fingerprint density at radius 2 is 2.00 bits per heavy atom. The predicted molar refractivity (Wildman–Crippen MR) is 99.4 cm³/mol. The summed E-state index contributed by atoms with van der Waals surface area (Å²) in [6.07, 6.45) is 0. The van der Waals surface area contributed by atoms with Crippen molar-refractivity contribution >= 4 is 38.4 Å². The maximum Gasteiger partial charge on any atom is 0.323 e. The average Bonchev–Trinajstić information content (AvgIpc) is 3.20. The van der Waals surface area contributed by atoms with E-state index in [-0.39, 0.29) is 21.8 Å². The molecule has 9 heteroatoms. The lowest BCUT2D eigenvalue weighted by Crippen LogP contribution is -2.09.